The minimum absolute atomic E-state index is 0.104. The van der Waals surface area contributed by atoms with E-state index in [1.165, 1.54) is 30.6 Å². The van der Waals surface area contributed by atoms with E-state index in [4.69, 9.17) is 10.5 Å². The summed E-state index contributed by atoms with van der Waals surface area (Å²) in [4.78, 5) is 24.5. The number of halogens is 1. The van der Waals surface area contributed by atoms with Crippen molar-refractivity contribution in [3.05, 3.63) is 66.0 Å². The van der Waals surface area contributed by atoms with Crippen molar-refractivity contribution in [2.24, 2.45) is 0 Å². The predicted molar refractivity (Wildman–Crippen MR) is 116 cm³/mol. The Balaban J connectivity index is 1.61. The molecule has 0 aliphatic carbocycles. The van der Waals surface area contributed by atoms with Gasteiger partial charge in [0.2, 0.25) is 5.88 Å². The lowest BCUT2D eigenvalue weighted by Gasteiger charge is -2.11. The van der Waals surface area contributed by atoms with E-state index >= 15 is 0 Å². The molecule has 158 valence electrons. The van der Waals surface area contributed by atoms with Crippen LogP contribution in [0.25, 0.3) is 0 Å². The van der Waals surface area contributed by atoms with Gasteiger partial charge in [0.05, 0.1) is 18.1 Å². The Bertz CT molecular complexity index is 1110. The third kappa shape index (κ3) is 6.14. The summed E-state index contributed by atoms with van der Waals surface area (Å²) in [5.41, 5.74) is 7.25. The van der Waals surface area contributed by atoms with E-state index in [0.29, 0.717) is 41.7 Å². The number of nitrogens with one attached hydrogen (secondary N) is 2. The molecule has 31 heavy (non-hydrogen) atoms. The molecule has 9 heteroatoms. The Morgan fingerprint density at radius 3 is 2.84 bits per heavy atom. The fourth-order valence-electron chi connectivity index (χ4n) is 2.58. The van der Waals surface area contributed by atoms with Gasteiger partial charge in [-0.3, -0.25) is 4.79 Å². The van der Waals surface area contributed by atoms with Crippen LogP contribution in [0.1, 0.15) is 29.4 Å². The second-order valence-electron chi connectivity index (χ2n) is 6.32. The second kappa shape index (κ2) is 10.5. The van der Waals surface area contributed by atoms with Gasteiger partial charge in [0.25, 0.3) is 5.91 Å². The van der Waals surface area contributed by atoms with Crippen molar-refractivity contribution < 1.29 is 13.9 Å². The molecule has 3 rings (SSSR count). The standard InChI is InChI=1S/C22H21FN6O2/c1-2-3-4-10-31-20-14-27-19(13-28-20)22(30)29-16-7-8-17(23)15(11-16)12-26-18-6-5-9-25-21(18)24/h5-9,11,13-14,26H,4,10,12H2,1H3,(H2,24,25)(H,29,30). The van der Waals surface area contributed by atoms with Crippen LogP contribution in [0, 0.1) is 17.7 Å². The molecular weight excluding hydrogens is 399 g/mol. The molecule has 3 aromatic rings. The monoisotopic (exact) mass is 420 g/mol. The van der Waals surface area contributed by atoms with Gasteiger partial charge >= 0.3 is 0 Å². The van der Waals surface area contributed by atoms with E-state index in [9.17, 15) is 9.18 Å². The first-order chi connectivity index (χ1) is 15.1. The molecule has 0 unspecified atom stereocenters. The van der Waals surface area contributed by atoms with E-state index in [1.54, 1.807) is 25.3 Å². The summed E-state index contributed by atoms with van der Waals surface area (Å²) in [6, 6.07) is 7.75. The van der Waals surface area contributed by atoms with Crippen molar-refractivity contribution in [1.29, 1.82) is 0 Å². The highest BCUT2D eigenvalue weighted by atomic mass is 19.1. The normalized spacial score (nSPS) is 10.0. The highest BCUT2D eigenvalue weighted by Crippen LogP contribution is 2.19. The summed E-state index contributed by atoms with van der Waals surface area (Å²) in [5, 5.41) is 5.71. The molecule has 0 spiro atoms. The van der Waals surface area contributed by atoms with E-state index < -0.39 is 11.7 Å². The van der Waals surface area contributed by atoms with Crippen molar-refractivity contribution in [2.45, 2.75) is 19.9 Å². The molecule has 2 aromatic heterocycles. The Morgan fingerprint density at radius 2 is 2.10 bits per heavy atom. The number of nitrogens with two attached hydrogens (primary N) is 1. The molecule has 1 aromatic carbocycles. The smallest absolute Gasteiger partial charge is 0.275 e. The number of hydrogen-bond donors (Lipinski definition) is 3. The summed E-state index contributed by atoms with van der Waals surface area (Å²) in [7, 11) is 0. The number of ether oxygens (including phenoxy) is 1. The number of nitrogens with zero attached hydrogens (tertiary/aromatic N) is 3. The molecule has 0 atom stereocenters. The van der Waals surface area contributed by atoms with Gasteiger partial charge in [0.15, 0.2) is 0 Å². The summed E-state index contributed by atoms with van der Waals surface area (Å²) in [5.74, 6) is 5.38. The van der Waals surface area contributed by atoms with Gasteiger partial charge in [-0.15, -0.1) is 11.8 Å². The van der Waals surface area contributed by atoms with Crippen LogP contribution in [-0.2, 0) is 6.54 Å². The first-order valence-corrected chi connectivity index (χ1v) is 9.45. The van der Waals surface area contributed by atoms with Crippen LogP contribution in [0.15, 0.2) is 48.9 Å². The summed E-state index contributed by atoms with van der Waals surface area (Å²) in [6.45, 7) is 2.31. The molecule has 0 saturated carbocycles. The van der Waals surface area contributed by atoms with Crippen molar-refractivity contribution in [1.82, 2.24) is 15.0 Å². The number of nitrogen functional groups attached to an aromatic ring is 1. The fraction of sp³-hybridized carbons (Fsp3) is 0.182. The number of pyridine rings is 1. The zero-order valence-corrected chi connectivity index (χ0v) is 16.9. The molecule has 1 amide bonds. The lowest BCUT2D eigenvalue weighted by atomic mass is 10.1. The largest absolute Gasteiger partial charge is 0.476 e. The quantitative estimate of drug-likeness (QED) is 0.378. The fourth-order valence-corrected chi connectivity index (χ4v) is 2.58. The van der Waals surface area contributed by atoms with E-state index in [0.717, 1.165) is 0 Å². The maximum atomic E-state index is 14.2. The number of amides is 1. The minimum Gasteiger partial charge on any atom is -0.476 e. The van der Waals surface area contributed by atoms with Crippen molar-refractivity contribution in [2.75, 3.05) is 23.0 Å². The lowest BCUT2D eigenvalue weighted by Crippen LogP contribution is -2.15. The summed E-state index contributed by atoms with van der Waals surface area (Å²) >= 11 is 0. The SMILES string of the molecule is CC#CCCOc1cnc(C(=O)Nc2ccc(F)c(CNc3cccnc3N)c2)cn1. The van der Waals surface area contributed by atoms with Gasteiger partial charge in [-0.05, 0) is 37.3 Å². The number of aromatic nitrogens is 3. The molecule has 8 nitrogen and oxygen atoms in total. The Labute approximate surface area is 179 Å². The average Bonchev–Trinajstić information content (AvgIpc) is 2.78. The number of rotatable bonds is 8. The molecule has 0 aliphatic heterocycles. The molecular formula is C22H21FN6O2. The molecule has 0 saturated heterocycles. The van der Waals surface area contributed by atoms with Crippen LogP contribution < -0.4 is 21.1 Å². The minimum atomic E-state index is -0.474. The molecule has 0 radical (unpaired) electrons. The highest BCUT2D eigenvalue weighted by Gasteiger charge is 2.11. The maximum absolute atomic E-state index is 14.2. The number of hydrogen-bond acceptors (Lipinski definition) is 7. The van der Waals surface area contributed by atoms with Crippen molar-refractivity contribution in [3.63, 3.8) is 0 Å². The number of anilines is 3. The zero-order valence-electron chi connectivity index (χ0n) is 16.9. The molecule has 2 heterocycles. The van der Waals surface area contributed by atoms with Crippen LogP contribution in [0.3, 0.4) is 0 Å². The van der Waals surface area contributed by atoms with Crippen molar-refractivity contribution in [3.8, 4) is 17.7 Å². The first-order valence-electron chi connectivity index (χ1n) is 9.45. The van der Waals surface area contributed by atoms with Crippen LogP contribution in [0.2, 0.25) is 0 Å². The highest BCUT2D eigenvalue weighted by molar-refractivity contribution is 6.02. The third-order valence-corrected chi connectivity index (χ3v) is 4.13. The summed E-state index contributed by atoms with van der Waals surface area (Å²) in [6.07, 6.45) is 4.83. The van der Waals surface area contributed by atoms with Gasteiger partial charge in [0.1, 0.15) is 23.9 Å². The Kier molecular flexibility index (Phi) is 7.32. The molecule has 0 bridgehead atoms. The van der Waals surface area contributed by atoms with Crippen LogP contribution in [-0.4, -0.2) is 27.5 Å². The molecule has 0 aliphatic rings. The number of benzene rings is 1. The van der Waals surface area contributed by atoms with Gasteiger partial charge < -0.3 is 21.1 Å². The van der Waals surface area contributed by atoms with Gasteiger partial charge in [0, 0.05) is 30.4 Å². The second-order valence-corrected chi connectivity index (χ2v) is 6.32. The van der Waals surface area contributed by atoms with Gasteiger partial charge in [-0.25, -0.2) is 19.3 Å². The molecule has 4 N–H and O–H groups in total. The maximum Gasteiger partial charge on any atom is 0.275 e. The Hall–Kier alpha value is -4.19. The number of carbonyl (C=O) groups excluding carboxylic acids is 1. The van der Waals surface area contributed by atoms with Gasteiger partial charge in [-0.2, -0.15) is 0 Å². The zero-order chi connectivity index (χ0) is 22.1. The lowest BCUT2D eigenvalue weighted by molar-refractivity contribution is 0.102. The van der Waals surface area contributed by atoms with E-state index in [1.807, 2.05) is 0 Å². The van der Waals surface area contributed by atoms with Crippen LogP contribution >= 0.6 is 0 Å². The van der Waals surface area contributed by atoms with Crippen LogP contribution in [0.4, 0.5) is 21.6 Å². The van der Waals surface area contributed by atoms with E-state index in [-0.39, 0.29) is 12.2 Å². The van der Waals surface area contributed by atoms with Crippen LogP contribution in [0.5, 0.6) is 5.88 Å². The first kappa shape index (κ1) is 21.5. The predicted octanol–water partition coefficient (Wildman–Crippen LogP) is 3.25. The summed E-state index contributed by atoms with van der Waals surface area (Å²) < 4.78 is 19.6. The molecule has 0 fully saturated rings. The van der Waals surface area contributed by atoms with Crippen molar-refractivity contribution >= 4 is 23.1 Å². The average molecular weight is 420 g/mol. The topological polar surface area (TPSA) is 115 Å². The third-order valence-electron chi connectivity index (χ3n) is 4.13. The Morgan fingerprint density at radius 1 is 1.23 bits per heavy atom. The van der Waals surface area contributed by atoms with Gasteiger partial charge in [-0.1, -0.05) is 0 Å². The van der Waals surface area contributed by atoms with E-state index in [2.05, 4.69) is 37.4 Å². The number of carbonyl (C=O) groups is 1.